The zero-order valence-corrected chi connectivity index (χ0v) is 9.10. The van der Waals surface area contributed by atoms with Crippen LogP contribution < -0.4 is 0 Å². The summed E-state index contributed by atoms with van der Waals surface area (Å²) >= 11 is 0. The van der Waals surface area contributed by atoms with E-state index in [0.29, 0.717) is 12.2 Å². The average Bonchev–Trinajstić information content (AvgIpc) is 2.45. The third-order valence-corrected chi connectivity index (χ3v) is 5.15. The molecule has 0 saturated carbocycles. The molecule has 78 valence electrons. The lowest BCUT2D eigenvalue weighted by atomic mass is 9.75. The summed E-state index contributed by atoms with van der Waals surface area (Å²) in [5.41, 5.74) is -0.205. The van der Waals surface area contributed by atoms with E-state index in [1.54, 1.807) is 0 Å². The summed E-state index contributed by atoms with van der Waals surface area (Å²) in [5.74, 6) is 0.707. The van der Waals surface area contributed by atoms with Crippen LogP contribution in [-0.2, 0) is 9.84 Å². The van der Waals surface area contributed by atoms with E-state index in [2.05, 4.69) is 0 Å². The molecule has 2 unspecified atom stereocenters. The molecule has 1 aliphatic heterocycles. The zero-order valence-electron chi connectivity index (χ0n) is 8.28. The minimum atomic E-state index is -2.81. The monoisotopic (exact) mass is 206 g/mol. The maximum atomic E-state index is 11.2. The highest BCUT2D eigenvalue weighted by Gasteiger charge is 2.39. The van der Waals surface area contributed by atoms with Crippen molar-refractivity contribution in [2.24, 2.45) is 11.3 Å². The summed E-state index contributed by atoms with van der Waals surface area (Å²) in [7, 11) is -2.81. The van der Waals surface area contributed by atoms with Crippen molar-refractivity contribution in [3.63, 3.8) is 0 Å². The van der Waals surface area contributed by atoms with Crippen LogP contribution in [0.2, 0.25) is 0 Å². The van der Waals surface area contributed by atoms with Gasteiger partial charge in [0.05, 0.1) is 11.5 Å². The second-order valence-corrected chi connectivity index (χ2v) is 6.49. The van der Waals surface area contributed by atoms with Crippen LogP contribution in [0.1, 0.15) is 26.7 Å². The minimum Gasteiger partial charge on any atom is -0.396 e. The van der Waals surface area contributed by atoms with E-state index in [-0.39, 0.29) is 23.7 Å². The second-order valence-electron chi connectivity index (χ2n) is 4.27. The maximum Gasteiger partial charge on any atom is 0.150 e. The smallest absolute Gasteiger partial charge is 0.150 e. The molecule has 0 aromatic rings. The number of aliphatic hydroxyl groups excluding tert-OH is 1. The molecule has 0 spiro atoms. The van der Waals surface area contributed by atoms with Gasteiger partial charge >= 0.3 is 0 Å². The highest BCUT2D eigenvalue weighted by molar-refractivity contribution is 7.91. The van der Waals surface area contributed by atoms with Crippen LogP contribution in [0.25, 0.3) is 0 Å². The molecule has 1 N–H and O–H groups in total. The quantitative estimate of drug-likeness (QED) is 0.744. The Morgan fingerprint density at radius 1 is 1.54 bits per heavy atom. The molecule has 13 heavy (non-hydrogen) atoms. The number of sulfone groups is 1. The third-order valence-electron chi connectivity index (χ3n) is 3.39. The standard InChI is InChI=1S/C9H18O3S/c1-3-9(2,7-10)8-4-5-13(11,12)6-8/h8,10H,3-7H2,1-2H3. The van der Waals surface area contributed by atoms with Crippen LogP contribution in [0.3, 0.4) is 0 Å². The Kier molecular flexibility index (Phi) is 3.02. The first-order valence-electron chi connectivity index (χ1n) is 4.75. The van der Waals surface area contributed by atoms with Crippen molar-refractivity contribution in [1.82, 2.24) is 0 Å². The van der Waals surface area contributed by atoms with E-state index in [1.165, 1.54) is 0 Å². The molecule has 4 heteroatoms. The van der Waals surface area contributed by atoms with Crippen molar-refractivity contribution >= 4 is 9.84 Å². The number of hydrogen-bond donors (Lipinski definition) is 1. The van der Waals surface area contributed by atoms with Crippen molar-refractivity contribution in [2.45, 2.75) is 26.7 Å². The molecule has 0 aromatic heterocycles. The van der Waals surface area contributed by atoms with E-state index in [0.717, 1.165) is 6.42 Å². The summed E-state index contributed by atoms with van der Waals surface area (Å²) < 4.78 is 22.5. The van der Waals surface area contributed by atoms with Gasteiger partial charge in [0.2, 0.25) is 0 Å². The first-order chi connectivity index (χ1) is 5.93. The summed E-state index contributed by atoms with van der Waals surface area (Å²) in [5, 5.41) is 9.22. The molecule has 1 saturated heterocycles. The topological polar surface area (TPSA) is 54.4 Å². The summed E-state index contributed by atoms with van der Waals surface area (Å²) in [6.07, 6.45) is 1.55. The maximum absolute atomic E-state index is 11.2. The predicted molar refractivity (Wildman–Crippen MR) is 52.2 cm³/mol. The van der Waals surface area contributed by atoms with Gasteiger partial charge in [-0.3, -0.25) is 0 Å². The molecule has 1 heterocycles. The lowest BCUT2D eigenvalue weighted by Crippen LogP contribution is -2.31. The molecule has 0 amide bonds. The van der Waals surface area contributed by atoms with Crippen LogP contribution in [0, 0.1) is 11.3 Å². The molecular weight excluding hydrogens is 188 g/mol. The zero-order chi connectivity index (χ0) is 10.1. The Balaban J connectivity index is 2.75. The summed E-state index contributed by atoms with van der Waals surface area (Å²) in [6.45, 7) is 4.06. The average molecular weight is 206 g/mol. The first kappa shape index (κ1) is 11.0. The predicted octanol–water partition coefficient (Wildman–Crippen LogP) is 0.830. The fraction of sp³-hybridized carbons (Fsp3) is 1.00. The highest BCUT2D eigenvalue weighted by atomic mass is 32.2. The fourth-order valence-electron chi connectivity index (χ4n) is 1.87. The van der Waals surface area contributed by atoms with Crippen molar-refractivity contribution < 1.29 is 13.5 Å². The van der Waals surface area contributed by atoms with Gasteiger partial charge in [0.1, 0.15) is 0 Å². The molecule has 0 radical (unpaired) electrons. The van der Waals surface area contributed by atoms with E-state index < -0.39 is 9.84 Å². The van der Waals surface area contributed by atoms with Gasteiger partial charge in [-0.15, -0.1) is 0 Å². The second kappa shape index (κ2) is 3.58. The van der Waals surface area contributed by atoms with Gasteiger partial charge in [-0.05, 0) is 24.2 Å². The fourth-order valence-corrected chi connectivity index (χ4v) is 3.87. The van der Waals surface area contributed by atoms with Crippen molar-refractivity contribution in [3.8, 4) is 0 Å². The van der Waals surface area contributed by atoms with Crippen molar-refractivity contribution in [2.75, 3.05) is 18.1 Å². The van der Waals surface area contributed by atoms with Crippen molar-refractivity contribution in [1.29, 1.82) is 0 Å². The summed E-state index contributed by atoms with van der Waals surface area (Å²) in [4.78, 5) is 0. The van der Waals surface area contributed by atoms with Crippen molar-refractivity contribution in [3.05, 3.63) is 0 Å². The van der Waals surface area contributed by atoms with Crippen LogP contribution >= 0.6 is 0 Å². The normalized spacial score (nSPS) is 31.5. The van der Waals surface area contributed by atoms with Gasteiger partial charge in [0.15, 0.2) is 9.84 Å². The van der Waals surface area contributed by atoms with Crippen LogP contribution in [0.15, 0.2) is 0 Å². The highest BCUT2D eigenvalue weighted by Crippen LogP contribution is 2.37. The van der Waals surface area contributed by atoms with Crippen LogP contribution in [0.4, 0.5) is 0 Å². The molecule has 0 aromatic carbocycles. The van der Waals surface area contributed by atoms with E-state index in [4.69, 9.17) is 0 Å². The Morgan fingerprint density at radius 2 is 2.15 bits per heavy atom. The Hall–Kier alpha value is -0.0900. The van der Waals surface area contributed by atoms with Gasteiger partial charge in [-0.25, -0.2) is 8.42 Å². The van der Waals surface area contributed by atoms with Gasteiger partial charge in [0.25, 0.3) is 0 Å². The molecule has 3 nitrogen and oxygen atoms in total. The van der Waals surface area contributed by atoms with Gasteiger partial charge in [-0.2, -0.15) is 0 Å². The number of hydrogen-bond acceptors (Lipinski definition) is 3. The lowest BCUT2D eigenvalue weighted by Gasteiger charge is -2.31. The van der Waals surface area contributed by atoms with Crippen LogP contribution in [0.5, 0.6) is 0 Å². The van der Waals surface area contributed by atoms with Gasteiger partial charge < -0.3 is 5.11 Å². The lowest BCUT2D eigenvalue weighted by molar-refractivity contribution is 0.0853. The molecule has 2 atom stereocenters. The number of rotatable bonds is 3. The SMILES string of the molecule is CCC(C)(CO)C1CCS(=O)(=O)C1. The molecule has 0 bridgehead atoms. The summed E-state index contributed by atoms with van der Waals surface area (Å²) in [6, 6.07) is 0. The molecular formula is C9H18O3S. The van der Waals surface area contributed by atoms with E-state index in [9.17, 15) is 13.5 Å². The molecule has 1 rings (SSSR count). The Bertz CT molecular complexity index is 265. The molecule has 0 aliphatic carbocycles. The van der Waals surface area contributed by atoms with Gasteiger partial charge in [0, 0.05) is 6.61 Å². The first-order valence-corrected chi connectivity index (χ1v) is 6.57. The van der Waals surface area contributed by atoms with Gasteiger partial charge in [-0.1, -0.05) is 13.8 Å². The van der Waals surface area contributed by atoms with Crippen LogP contribution in [-0.4, -0.2) is 31.6 Å². The van der Waals surface area contributed by atoms with E-state index >= 15 is 0 Å². The third kappa shape index (κ3) is 2.23. The minimum absolute atomic E-state index is 0.0870. The Morgan fingerprint density at radius 3 is 2.46 bits per heavy atom. The largest absolute Gasteiger partial charge is 0.396 e. The number of aliphatic hydroxyl groups is 1. The molecule has 1 aliphatic rings. The van der Waals surface area contributed by atoms with E-state index in [1.807, 2.05) is 13.8 Å². The Labute approximate surface area is 80.1 Å². The molecule has 1 fully saturated rings.